The number of hydrogen-bond donors (Lipinski definition) is 2. The smallest absolute Gasteiger partial charge is 0.293 e. The monoisotopic (exact) mass is 297 g/mol. The summed E-state index contributed by atoms with van der Waals surface area (Å²) >= 11 is 2.60. The summed E-state index contributed by atoms with van der Waals surface area (Å²) < 4.78 is 5.84. The number of nitrogens with one attached hydrogen (secondary N) is 1. The van der Waals surface area contributed by atoms with Gasteiger partial charge in [-0.25, -0.2) is 4.98 Å². The fourth-order valence-corrected chi connectivity index (χ4v) is 3.15. The maximum atomic E-state index is 11.7. The third-order valence-corrected chi connectivity index (χ3v) is 4.52. The molecule has 0 aliphatic heterocycles. The highest BCUT2D eigenvalue weighted by Crippen LogP contribution is 2.32. The van der Waals surface area contributed by atoms with Gasteiger partial charge in [-0.3, -0.25) is 14.9 Å². The van der Waals surface area contributed by atoms with Gasteiger partial charge >= 0.3 is 0 Å². The molecule has 0 saturated carbocycles. The predicted octanol–water partition coefficient (Wildman–Crippen LogP) is 1.87. The Labute approximate surface area is 117 Å². The van der Waals surface area contributed by atoms with Gasteiger partial charge in [0.15, 0.2) is 10.9 Å². The molecule has 0 spiro atoms. The number of thiazole rings is 1. The van der Waals surface area contributed by atoms with E-state index in [9.17, 15) is 9.59 Å². The van der Waals surface area contributed by atoms with Crippen molar-refractivity contribution in [3.05, 3.63) is 29.9 Å². The van der Waals surface area contributed by atoms with Crippen LogP contribution in [0.25, 0.3) is 0 Å². The van der Waals surface area contributed by atoms with Crippen molar-refractivity contribution in [1.29, 1.82) is 0 Å². The normalized spacial score (nSPS) is 10.4. The highest BCUT2D eigenvalue weighted by atomic mass is 32.2. The second kappa shape index (κ2) is 5.89. The Bertz CT molecular complexity index is 592. The summed E-state index contributed by atoms with van der Waals surface area (Å²) in [6.07, 6.45) is 1.43. The van der Waals surface area contributed by atoms with Gasteiger partial charge in [0.05, 0.1) is 21.9 Å². The molecule has 0 radical (unpaired) electrons. The quantitative estimate of drug-likeness (QED) is 0.821. The summed E-state index contributed by atoms with van der Waals surface area (Å²) in [6.45, 7) is 1.81. The van der Waals surface area contributed by atoms with Crippen LogP contribution in [0.5, 0.6) is 0 Å². The van der Waals surface area contributed by atoms with Crippen molar-refractivity contribution in [3.8, 4) is 0 Å². The fourth-order valence-electron chi connectivity index (χ4n) is 1.27. The zero-order chi connectivity index (χ0) is 13.8. The zero-order valence-electron chi connectivity index (χ0n) is 10.0. The molecule has 2 heterocycles. The van der Waals surface area contributed by atoms with E-state index in [-0.39, 0.29) is 23.3 Å². The Hall–Kier alpha value is -1.80. The van der Waals surface area contributed by atoms with Crippen molar-refractivity contribution >= 4 is 40.0 Å². The van der Waals surface area contributed by atoms with Gasteiger partial charge in [0.2, 0.25) is 5.91 Å². The molecule has 3 N–H and O–H groups in total. The van der Waals surface area contributed by atoms with Crippen LogP contribution < -0.4 is 11.1 Å². The van der Waals surface area contributed by atoms with E-state index in [0.29, 0.717) is 5.13 Å². The number of aryl methyl sites for hydroxylation is 1. The highest BCUT2D eigenvalue weighted by Gasteiger charge is 2.14. The summed E-state index contributed by atoms with van der Waals surface area (Å²) in [7, 11) is 0. The van der Waals surface area contributed by atoms with Gasteiger partial charge in [-0.05, 0) is 19.1 Å². The van der Waals surface area contributed by atoms with E-state index in [4.69, 9.17) is 10.2 Å². The van der Waals surface area contributed by atoms with Gasteiger partial charge in [-0.15, -0.1) is 11.8 Å². The summed E-state index contributed by atoms with van der Waals surface area (Å²) in [5.41, 5.74) is 5.84. The first-order chi connectivity index (χ1) is 9.06. The standard InChI is InChI=1S/C11H11N3O3S2/c1-6-10(18-5-8(12)15)19-11(13-6)14-9(16)7-3-2-4-17-7/h2-4H,5H2,1H3,(H2,12,15)(H,13,14,16). The lowest BCUT2D eigenvalue weighted by Crippen LogP contribution is -2.12. The molecule has 2 aromatic rings. The molecule has 0 fully saturated rings. The fraction of sp³-hybridized carbons (Fsp3) is 0.182. The van der Waals surface area contributed by atoms with E-state index in [0.717, 1.165) is 9.90 Å². The van der Waals surface area contributed by atoms with Crippen LogP contribution in [0.4, 0.5) is 5.13 Å². The van der Waals surface area contributed by atoms with Crippen LogP contribution in [0.15, 0.2) is 27.0 Å². The van der Waals surface area contributed by atoms with Gasteiger partial charge in [0.1, 0.15) is 0 Å². The van der Waals surface area contributed by atoms with Crippen molar-refractivity contribution in [2.75, 3.05) is 11.1 Å². The molecule has 0 aromatic carbocycles. The molecule has 100 valence electrons. The van der Waals surface area contributed by atoms with Gasteiger partial charge in [-0.1, -0.05) is 11.3 Å². The lowest BCUT2D eigenvalue weighted by molar-refractivity contribution is -0.115. The molecule has 0 aliphatic rings. The number of rotatable bonds is 5. The number of thioether (sulfide) groups is 1. The molecule has 19 heavy (non-hydrogen) atoms. The number of carbonyl (C=O) groups excluding carboxylic acids is 2. The number of primary amides is 1. The Morgan fingerprint density at radius 1 is 1.58 bits per heavy atom. The van der Waals surface area contributed by atoms with Crippen LogP contribution >= 0.6 is 23.1 Å². The van der Waals surface area contributed by atoms with E-state index in [1.54, 1.807) is 12.1 Å². The molecular weight excluding hydrogens is 286 g/mol. The molecule has 0 bridgehead atoms. The summed E-state index contributed by atoms with van der Waals surface area (Å²) in [6, 6.07) is 3.20. The van der Waals surface area contributed by atoms with Crippen LogP contribution in [0.1, 0.15) is 16.2 Å². The maximum Gasteiger partial charge on any atom is 0.293 e. The van der Waals surface area contributed by atoms with Crippen molar-refractivity contribution in [1.82, 2.24) is 4.98 Å². The van der Waals surface area contributed by atoms with Crippen LogP contribution in [0.2, 0.25) is 0 Å². The number of carbonyl (C=O) groups is 2. The minimum atomic E-state index is -0.390. The second-order valence-corrected chi connectivity index (χ2v) is 5.82. The molecule has 0 unspecified atom stereocenters. The topological polar surface area (TPSA) is 98.2 Å². The number of nitrogens with two attached hydrogens (primary N) is 1. The lowest BCUT2D eigenvalue weighted by atomic mass is 10.4. The zero-order valence-corrected chi connectivity index (χ0v) is 11.6. The second-order valence-electron chi connectivity index (χ2n) is 3.58. The molecule has 6 nitrogen and oxygen atoms in total. The summed E-state index contributed by atoms with van der Waals surface area (Å²) in [5, 5.41) is 3.10. The van der Waals surface area contributed by atoms with Crippen LogP contribution in [0.3, 0.4) is 0 Å². The third-order valence-electron chi connectivity index (χ3n) is 2.06. The van der Waals surface area contributed by atoms with E-state index in [2.05, 4.69) is 10.3 Å². The summed E-state index contributed by atoms with van der Waals surface area (Å²) in [5.74, 6) is -0.336. The number of anilines is 1. The Balaban J connectivity index is 2.03. The molecule has 2 rings (SSSR count). The number of hydrogen-bond acceptors (Lipinski definition) is 6. The summed E-state index contributed by atoms with van der Waals surface area (Å²) in [4.78, 5) is 26.7. The van der Waals surface area contributed by atoms with Crippen molar-refractivity contribution in [2.45, 2.75) is 11.1 Å². The van der Waals surface area contributed by atoms with Crippen molar-refractivity contribution in [2.24, 2.45) is 5.73 Å². The third kappa shape index (κ3) is 3.58. The number of nitrogens with zero attached hydrogens (tertiary/aromatic N) is 1. The van der Waals surface area contributed by atoms with Gasteiger partial charge in [0, 0.05) is 0 Å². The highest BCUT2D eigenvalue weighted by molar-refractivity contribution is 8.01. The van der Waals surface area contributed by atoms with E-state index >= 15 is 0 Å². The molecule has 0 aliphatic carbocycles. The minimum absolute atomic E-state index is 0.189. The van der Waals surface area contributed by atoms with E-state index < -0.39 is 0 Å². The van der Waals surface area contributed by atoms with Gasteiger partial charge in [0.25, 0.3) is 5.91 Å². The van der Waals surface area contributed by atoms with Crippen LogP contribution in [-0.4, -0.2) is 22.6 Å². The molecule has 2 amide bonds. The average molecular weight is 297 g/mol. The van der Waals surface area contributed by atoms with Crippen molar-refractivity contribution in [3.63, 3.8) is 0 Å². The molecular formula is C11H11N3O3S2. The Morgan fingerprint density at radius 3 is 3.00 bits per heavy atom. The SMILES string of the molecule is Cc1nc(NC(=O)c2ccco2)sc1SCC(N)=O. The lowest BCUT2D eigenvalue weighted by Gasteiger charge is -1.96. The first kappa shape index (κ1) is 13.6. The van der Waals surface area contributed by atoms with Crippen LogP contribution in [0, 0.1) is 6.92 Å². The molecule has 2 aromatic heterocycles. The van der Waals surface area contributed by atoms with E-state index in [1.165, 1.54) is 29.4 Å². The molecule has 0 saturated heterocycles. The maximum absolute atomic E-state index is 11.7. The Kier molecular flexibility index (Phi) is 4.23. The average Bonchev–Trinajstić information content (AvgIpc) is 2.96. The van der Waals surface area contributed by atoms with Crippen LogP contribution in [-0.2, 0) is 4.79 Å². The number of aromatic nitrogens is 1. The van der Waals surface area contributed by atoms with Gasteiger partial charge < -0.3 is 10.2 Å². The number of amides is 2. The molecule has 8 heteroatoms. The Morgan fingerprint density at radius 2 is 2.37 bits per heavy atom. The minimum Gasteiger partial charge on any atom is -0.459 e. The first-order valence-electron chi connectivity index (χ1n) is 5.29. The van der Waals surface area contributed by atoms with Gasteiger partial charge in [-0.2, -0.15) is 0 Å². The first-order valence-corrected chi connectivity index (χ1v) is 7.10. The number of furan rings is 1. The predicted molar refractivity (Wildman–Crippen MR) is 73.4 cm³/mol. The molecule has 0 atom stereocenters. The van der Waals surface area contributed by atoms with Crippen molar-refractivity contribution < 1.29 is 14.0 Å². The van der Waals surface area contributed by atoms with E-state index in [1.807, 2.05) is 6.92 Å². The largest absolute Gasteiger partial charge is 0.459 e.